The van der Waals surface area contributed by atoms with Gasteiger partial charge < -0.3 is 4.74 Å². The fraction of sp³-hybridized carbons (Fsp3) is 0.417. The molecule has 0 aromatic carbocycles. The highest BCUT2D eigenvalue weighted by atomic mass is 16.5. The van der Waals surface area contributed by atoms with Crippen molar-refractivity contribution in [1.29, 1.82) is 0 Å². The van der Waals surface area contributed by atoms with Gasteiger partial charge in [-0.3, -0.25) is 14.7 Å². The first kappa shape index (κ1) is 11.0. The third kappa shape index (κ3) is 1.61. The molecule has 1 aliphatic rings. The molecule has 1 fully saturated rings. The molecule has 0 bridgehead atoms. The maximum atomic E-state index is 10.6. The van der Waals surface area contributed by atoms with Crippen LogP contribution in [0.15, 0.2) is 12.1 Å². The molecule has 6 heteroatoms. The van der Waals surface area contributed by atoms with Gasteiger partial charge in [-0.2, -0.15) is 4.98 Å². The zero-order valence-electron chi connectivity index (χ0n) is 10.1. The topological polar surface area (TPSA) is 69.0 Å². The zero-order valence-corrected chi connectivity index (χ0v) is 10.1. The highest BCUT2D eigenvalue weighted by Crippen LogP contribution is 2.36. The number of aromatic nitrogens is 3. The highest BCUT2D eigenvalue weighted by molar-refractivity contribution is 5.79. The Morgan fingerprint density at radius 1 is 1.44 bits per heavy atom. The summed E-state index contributed by atoms with van der Waals surface area (Å²) in [5.41, 5.74) is 1.54. The summed E-state index contributed by atoms with van der Waals surface area (Å²) in [5, 5.41) is 2.64. The number of imidazole rings is 1. The average Bonchev–Trinajstić information content (AvgIpc) is 2.66. The zero-order chi connectivity index (χ0) is 12.5. The van der Waals surface area contributed by atoms with E-state index in [-0.39, 0.29) is 0 Å². The molecule has 2 aromatic heterocycles. The summed E-state index contributed by atoms with van der Waals surface area (Å²) >= 11 is 0. The fourth-order valence-electron chi connectivity index (χ4n) is 2.22. The van der Waals surface area contributed by atoms with Crippen LogP contribution in [0.1, 0.15) is 25.3 Å². The maximum absolute atomic E-state index is 10.6. The van der Waals surface area contributed by atoms with Crippen LogP contribution < -0.4 is 10.1 Å². The normalized spacial score (nSPS) is 15.4. The van der Waals surface area contributed by atoms with E-state index in [1.165, 1.54) is 6.42 Å². The summed E-state index contributed by atoms with van der Waals surface area (Å²) < 4.78 is 7.13. The second-order valence-electron chi connectivity index (χ2n) is 4.35. The Hall–Kier alpha value is -2.11. The van der Waals surface area contributed by atoms with E-state index < -0.39 is 0 Å². The van der Waals surface area contributed by atoms with Crippen molar-refractivity contribution >= 4 is 23.5 Å². The van der Waals surface area contributed by atoms with Crippen molar-refractivity contribution in [3.05, 3.63) is 12.1 Å². The number of pyridine rings is 1. The quantitative estimate of drug-likeness (QED) is 0.834. The van der Waals surface area contributed by atoms with Crippen LogP contribution in [0.3, 0.4) is 0 Å². The summed E-state index contributed by atoms with van der Waals surface area (Å²) in [6.45, 7) is 0. The number of carbonyl (C=O) groups is 1. The SMILES string of the molecule is COc1ccc2nc(NC=O)n(C3CCC3)c2n1. The first-order chi connectivity index (χ1) is 8.83. The van der Waals surface area contributed by atoms with Gasteiger partial charge in [-0.05, 0) is 25.3 Å². The number of amides is 1. The van der Waals surface area contributed by atoms with Crippen LogP contribution in [0, 0.1) is 0 Å². The van der Waals surface area contributed by atoms with Crippen LogP contribution in [0.25, 0.3) is 11.2 Å². The van der Waals surface area contributed by atoms with Crippen molar-refractivity contribution in [1.82, 2.24) is 14.5 Å². The average molecular weight is 246 g/mol. The first-order valence-corrected chi connectivity index (χ1v) is 5.96. The summed E-state index contributed by atoms with van der Waals surface area (Å²) in [4.78, 5) is 19.5. The molecule has 0 saturated heterocycles. The van der Waals surface area contributed by atoms with Gasteiger partial charge in [0.25, 0.3) is 0 Å². The Balaban J connectivity index is 2.17. The van der Waals surface area contributed by atoms with Crippen LogP contribution in [-0.2, 0) is 4.79 Å². The molecule has 1 saturated carbocycles. The minimum Gasteiger partial charge on any atom is -0.481 e. The van der Waals surface area contributed by atoms with Crippen molar-refractivity contribution in [3.63, 3.8) is 0 Å². The number of anilines is 1. The van der Waals surface area contributed by atoms with Crippen molar-refractivity contribution < 1.29 is 9.53 Å². The predicted octanol–water partition coefficient (Wildman–Crippen LogP) is 1.73. The summed E-state index contributed by atoms with van der Waals surface area (Å²) in [7, 11) is 1.59. The van der Waals surface area contributed by atoms with E-state index in [4.69, 9.17) is 4.74 Å². The molecule has 18 heavy (non-hydrogen) atoms. The third-order valence-corrected chi connectivity index (χ3v) is 3.35. The van der Waals surface area contributed by atoms with Gasteiger partial charge in [0.05, 0.1) is 7.11 Å². The van der Waals surface area contributed by atoms with Crippen molar-refractivity contribution in [2.75, 3.05) is 12.4 Å². The van der Waals surface area contributed by atoms with Gasteiger partial charge in [-0.25, -0.2) is 4.98 Å². The standard InChI is InChI=1S/C12H14N4O2/c1-18-10-6-5-9-11(15-10)16(8-3-2-4-8)12(14-9)13-7-17/h5-8H,2-4H2,1H3,(H,13,14,17). The number of hydrogen-bond donors (Lipinski definition) is 1. The number of rotatable bonds is 4. The Morgan fingerprint density at radius 2 is 2.28 bits per heavy atom. The molecule has 0 aliphatic heterocycles. The molecule has 1 aliphatic carbocycles. The van der Waals surface area contributed by atoms with Gasteiger partial charge in [0.1, 0.15) is 5.52 Å². The van der Waals surface area contributed by atoms with Crippen LogP contribution in [-0.4, -0.2) is 28.1 Å². The molecule has 6 nitrogen and oxygen atoms in total. The molecule has 2 heterocycles. The van der Waals surface area contributed by atoms with E-state index in [0.29, 0.717) is 24.3 Å². The second kappa shape index (κ2) is 4.29. The van der Waals surface area contributed by atoms with Gasteiger partial charge in [0, 0.05) is 12.1 Å². The van der Waals surface area contributed by atoms with Crippen molar-refractivity contribution in [2.24, 2.45) is 0 Å². The molecule has 2 aromatic rings. The van der Waals surface area contributed by atoms with Crippen LogP contribution >= 0.6 is 0 Å². The molecule has 0 spiro atoms. The van der Waals surface area contributed by atoms with Crippen LogP contribution in [0.5, 0.6) is 5.88 Å². The lowest BCUT2D eigenvalue weighted by molar-refractivity contribution is -0.105. The van der Waals surface area contributed by atoms with E-state index in [0.717, 1.165) is 24.0 Å². The Labute approximate surface area is 104 Å². The molecule has 1 N–H and O–H groups in total. The molecule has 0 unspecified atom stereocenters. The fourth-order valence-corrected chi connectivity index (χ4v) is 2.22. The lowest BCUT2D eigenvalue weighted by atomic mass is 9.93. The molecule has 0 radical (unpaired) electrons. The van der Waals surface area contributed by atoms with Crippen molar-refractivity contribution in [2.45, 2.75) is 25.3 Å². The van der Waals surface area contributed by atoms with Gasteiger partial charge in [-0.15, -0.1) is 0 Å². The number of methoxy groups -OCH3 is 1. The number of ether oxygens (including phenoxy) is 1. The van der Waals surface area contributed by atoms with Crippen LogP contribution in [0.4, 0.5) is 5.95 Å². The number of nitrogens with one attached hydrogen (secondary N) is 1. The van der Waals surface area contributed by atoms with E-state index in [2.05, 4.69) is 15.3 Å². The predicted molar refractivity (Wildman–Crippen MR) is 66.7 cm³/mol. The molecule has 94 valence electrons. The Kier molecular flexibility index (Phi) is 2.62. The molecular weight excluding hydrogens is 232 g/mol. The van der Waals surface area contributed by atoms with Crippen molar-refractivity contribution in [3.8, 4) is 5.88 Å². The monoisotopic (exact) mass is 246 g/mol. The van der Waals surface area contributed by atoms with E-state index in [1.807, 2.05) is 10.6 Å². The van der Waals surface area contributed by atoms with Gasteiger partial charge in [-0.1, -0.05) is 0 Å². The summed E-state index contributed by atoms with van der Waals surface area (Å²) in [6.07, 6.45) is 4.04. The third-order valence-electron chi connectivity index (χ3n) is 3.35. The minimum atomic E-state index is 0.372. The molecule has 0 atom stereocenters. The summed E-state index contributed by atoms with van der Waals surface area (Å²) in [6, 6.07) is 3.99. The Morgan fingerprint density at radius 3 is 2.89 bits per heavy atom. The van der Waals surface area contributed by atoms with Gasteiger partial charge >= 0.3 is 0 Å². The van der Waals surface area contributed by atoms with Crippen LogP contribution in [0.2, 0.25) is 0 Å². The molecular formula is C12H14N4O2. The Bertz CT molecular complexity index is 589. The molecule has 1 amide bonds. The molecule has 3 rings (SSSR count). The van der Waals surface area contributed by atoms with E-state index >= 15 is 0 Å². The van der Waals surface area contributed by atoms with E-state index in [9.17, 15) is 4.79 Å². The lowest BCUT2D eigenvalue weighted by Gasteiger charge is -2.28. The lowest BCUT2D eigenvalue weighted by Crippen LogP contribution is -2.19. The maximum Gasteiger partial charge on any atom is 0.215 e. The minimum absolute atomic E-state index is 0.372. The highest BCUT2D eigenvalue weighted by Gasteiger charge is 2.25. The second-order valence-corrected chi connectivity index (χ2v) is 4.35. The largest absolute Gasteiger partial charge is 0.481 e. The number of fused-ring (bicyclic) bond motifs is 1. The summed E-state index contributed by atoms with van der Waals surface area (Å²) in [5.74, 6) is 1.12. The number of nitrogens with zero attached hydrogens (tertiary/aromatic N) is 3. The smallest absolute Gasteiger partial charge is 0.215 e. The van der Waals surface area contributed by atoms with E-state index in [1.54, 1.807) is 13.2 Å². The first-order valence-electron chi connectivity index (χ1n) is 5.96. The van der Waals surface area contributed by atoms with Gasteiger partial charge in [0.15, 0.2) is 5.65 Å². The number of carbonyl (C=O) groups excluding carboxylic acids is 1. The van der Waals surface area contributed by atoms with Gasteiger partial charge in [0.2, 0.25) is 18.2 Å². The number of hydrogen-bond acceptors (Lipinski definition) is 4.